The van der Waals surface area contributed by atoms with Crippen LogP contribution in [0.3, 0.4) is 0 Å². The summed E-state index contributed by atoms with van der Waals surface area (Å²) < 4.78 is 1.78. The molecule has 0 radical (unpaired) electrons. The van der Waals surface area contributed by atoms with E-state index in [-0.39, 0.29) is 18.1 Å². The Morgan fingerprint density at radius 1 is 1.20 bits per heavy atom. The maximum absolute atomic E-state index is 12.3. The van der Waals surface area contributed by atoms with Crippen LogP contribution in [0.5, 0.6) is 0 Å². The predicted octanol–water partition coefficient (Wildman–Crippen LogP) is 3.31. The summed E-state index contributed by atoms with van der Waals surface area (Å²) in [6.45, 7) is 1.83. The van der Waals surface area contributed by atoms with Gasteiger partial charge in [-0.15, -0.1) is 0 Å². The first-order valence-corrected chi connectivity index (χ1v) is 7.58. The highest BCUT2D eigenvalue weighted by molar-refractivity contribution is 6.00. The quantitative estimate of drug-likeness (QED) is 0.439. The number of fused-ring (bicyclic) bond motifs is 1. The largest absolute Gasteiger partial charge is 0.335 e. The average molecular weight is 337 g/mol. The van der Waals surface area contributed by atoms with E-state index in [9.17, 15) is 19.7 Å². The molecule has 1 heterocycles. The molecule has 2 aromatic carbocycles. The van der Waals surface area contributed by atoms with Gasteiger partial charge in [0, 0.05) is 40.0 Å². The Bertz CT molecular complexity index is 974. The van der Waals surface area contributed by atoms with Crippen LogP contribution in [0.4, 0.5) is 11.4 Å². The molecular weight excluding hydrogens is 322 g/mol. The fourth-order valence-electron chi connectivity index (χ4n) is 2.82. The number of nitrogens with one attached hydrogen (secondary N) is 1. The van der Waals surface area contributed by atoms with Crippen molar-refractivity contribution in [2.45, 2.75) is 13.5 Å². The van der Waals surface area contributed by atoms with Crippen molar-refractivity contribution in [2.75, 3.05) is 5.32 Å². The highest BCUT2D eigenvalue weighted by Crippen LogP contribution is 2.24. The molecule has 3 rings (SSSR count). The Hall–Kier alpha value is -3.48. The van der Waals surface area contributed by atoms with Crippen LogP contribution in [-0.4, -0.2) is 21.7 Å². The highest BCUT2D eigenvalue weighted by Gasteiger charge is 2.15. The Kier molecular flexibility index (Phi) is 4.30. The lowest BCUT2D eigenvalue weighted by atomic mass is 10.1. The predicted molar refractivity (Wildman–Crippen MR) is 93.8 cm³/mol. The first-order chi connectivity index (χ1) is 12.0. The van der Waals surface area contributed by atoms with Gasteiger partial charge in [-0.1, -0.05) is 18.2 Å². The molecule has 0 saturated carbocycles. The number of nitrogens with zero attached hydrogens (tertiary/aromatic N) is 2. The lowest BCUT2D eigenvalue weighted by Crippen LogP contribution is -2.19. The van der Waals surface area contributed by atoms with Gasteiger partial charge in [0.1, 0.15) is 6.54 Å². The van der Waals surface area contributed by atoms with Gasteiger partial charge in [-0.25, -0.2) is 0 Å². The Morgan fingerprint density at radius 3 is 2.52 bits per heavy atom. The second kappa shape index (κ2) is 6.56. The molecule has 7 heteroatoms. The number of aldehydes is 1. The molecule has 25 heavy (non-hydrogen) atoms. The first kappa shape index (κ1) is 16.4. The number of carbonyl (C=O) groups is 2. The fraction of sp³-hybridized carbons (Fsp3) is 0.111. The third-order valence-electron chi connectivity index (χ3n) is 4.06. The molecule has 1 amide bonds. The second-order valence-electron chi connectivity index (χ2n) is 5.57. The van der Waals surface area contributed by atoms with Gasteiger partial charge in [-0.05, 0) is 25.1 Å². The van der Waals surface area contributed by atoms with E-state index in [4.69, 9.17) is 0 Å². The van der Waals surface area contributed by atoms with Crippen molar-refractivity contribution < 1.29 is 14.5 Å². The zero-order valence-electron chi connectivity index (χ0n) is 13.4. The summed E-state index contributed by atoms with van der Waals surface area (Å²) in [5.41, 5.74) is 2.52. The molecule has 1 aromatic heterocycles. The van der Waals surface area contributed by atoms with Crippen molar-refractivity contribution in [1.29, 1.82) is 0 Å². The fourth-order valence-corrected chi connectivity index (χ4v) is 2.82. The number of para-hydroxylation sites is 1. The number of non-ortho nitro benzene ring substituents is 1. The zero-order chi connectivity index (χ0) is 18.0. The van der Waals surface area contributed by atoms with E-state index in [2.05, 4.69) is 5.32 Å². The summed E-state index contributed by atoms with van der Waals surface area (Å²) in [5, 5.41) is 14.2. The lowest BCUT2D eigenvalue weighted by Gasteiger charge is -2.09. The van der Waals surface area contributed by atoms with E-state index in [0.717, 1.165) is 22.9 Å². The maximum atomic E-state index is 12.3. The first-order valence-electron chi connectivity index (χ1n) is 7.58. The summed E-state index contributed by atoms with van der Waals surface area (Å²) in [4.78, 5) is 33.8. The smallest absolute Gasteiger partial charge is 0.269 e. The van der Waals surface area contributed by atoms with E-state index >= 15 is 0 Å². The molecular formula is C18H15N3O4. The van der Waals surface area contributed by atoms with Gasteiger partial charge in [-0.2, -0.15) is 0 Å². The molecule has 0 unspecified atom stereocenters. The third-order valence-corrected chi connectivity index (χ3v) is 4.06. The van der Waals surface area contributed by atoms with Crippen LogP contribution in [0, 0.1) is 17.0 Å². The summed E-state index contributed by atoms with van der Waals surface area (Å²) in [6.07, 6.45) is 0.794. The number of anilines is 1. The van der Waals surface area contributed by atoms with Gasteiger partial charge in [0.2, 0.25) is 5.91 Å². The van der Waals surface area contributed by atoms with E-state index in [1.54, 1.807) is 11.5 Å². The molecule has 0 bridgehead atoms. The van der Waals surface area contributed by atoms with Crippen LogP contribution in [-0.2, 0) is 11.3 Å². The van der Waals surface area contributed by atoms with Gasteiger partial charge >= 0.3 is 0 Å². The van der Waals surface area contributed by atoms with Crippen molar-refractivity contribution in [2.24, 2.45) is 0 Å². The van der Waals surface area contributed by atoms with Gasteiger partial charge in [0.05, 0.1) is 4.92 Å². The summed E-state index contributed by atoms with van der Waals surface area (Å²) in [5.74, 6) is -0.282. The van der Waals surface area contributed by atoms with Crippen molar-refractivity contribution >= 4 is 34.5 Å². The van der Waals surface area contributed by atoms with E-state index in [1.807, 2.05) is 24.3 Å². The van der Waals surface area contributed by atoms with Crippen LogP contribution in [0.15, 0.2) is 48.5 Å². The second-order valence-corrected chi connectivity index (χ2v) is 5.57. The number of amides is 1. The van der Waals surface area contributed by atoms with Gasteiger partial charge in [0.25, 0.3) is 5.69 Å². The van der Waals surface area contributed by atoms with E-state index in [0.29, 0.717) is 11.3 Å². The Labute approximate surface area is 143 Å². The number of hydrogen-bond acceptors (Lipinski definition) is 4. The van der Waals surface area contributed by atoms with Crippen LogP contribution in [0.2, 0.25) is 0 Å². The zero-order valence-corrected chi connectivity index (χ0v) is 13.4. The molecule has 1 N–H and O–H groups in total. The number of benzene rings is 2. The van der Waals surface area contributed by atoms with Gasteiger partial charge in [0.15, 0.2) is 6.29 Å². The average Bonchev–Trinajstić information content (AvgIpc) is 2.87. The molecule has 0 aliphatic rings. The number of rotatable bonds is 5. The van der Waals surface area contributed by atoms with Crippen LogP contribution in [0.25, 0.3) is 10.9 Å². The molecule has 0 atom stereocenters. The molecule has 3 aromatic rings. The van der Waals surface area contributed by atoms with Gasteiger partial charge < -0.3 is 9.88 Å². The number of aromatic nitrogens is 1. The van der Waals surface area contributed by atoms with Crippen molar-refractivity contribution in [3.8, 4) is 0 Å². The minimum absolute atomic E-state index is 0.0389. The molecule has 0 spiro atoms. The third kappa shape index (κ3) is 3.12. The van der Waals surface area contributed by atoms with Crippen LogP contribution >= 0.6 is 0 Å². The molecule has 0 fully saturated rings. The van der Waals surface area contributed by atoms with E-state index < -0.39 is 4.92 Å². The lowest BCUT2D eigenvalue weighted by molar-refractivity contribution is -0.384. The monoisotopic (exact) mass is 337 g/mol. The Balaban J connectivity index is 1.84. The minimum Gasteiger partial charge on any atom is -0.335 e. The molecule has 126 valence electrons. The van der Waals surface area contributed by atoms with E-state index in [1.165, 1.54) is 24.3 Å². The molecule has 0 aliphatic carbocycles. The maximum Gasteiger partial charge on any atom is 0.269 e. The van der Waals surface area contributed by atoms with Crippen molar-refractivity contribution in [1.82, 2.24) is 4.57 Å². The SMILES string of the molecule is Cc1c(C=O)c2ccccc2n1CC(=O)Nc1ccc([N+](=O)[O-])cc1. The van der Waals surface area contributed by atoms with Crippen LogP contribution in [0.1, 0.15) is 16.1 Å². The highest BCUT2D eigenvalue weighted by atomic mass is 16.6. The molecule has 7 nitrogen and oxygen atoms in total. The topological polar surface area (TPSA) is 94.2 Å². The van der Waals surface area contributed by atoms with Gasteiger partial charge in [-0.3, -0.25) is 19.7 Å². The minimum atomic E-state index is -0.498. The number of nitro groups is 1. The number of hydrogen-bond donors (Lipinski definition) is 1. The van der Waals surface area contributed by atoms with Crippen molar-refractivity contribution in [3.05, 3.63) is 69.9 Å². The number of carbonyl (C=O) groups excluding carboxylic acids is 2. The normalized spacial score (nSPS) is 10.6. The summed E-state index contributed by atoms with van der Waals surface area (Å²) in [7, 11) is 0. The van der Waals surface area contributed by atoms with Crippen LogP contribution < -0.4 is 5.32 Å². The molecule has 0 saturated heterocycles. The summed E-state index contributed by atoms with van der Waals surface area (Å²) >= 11 is 0. The number of nitro benzene ring substituents is 1. The Morgan fingerprint density at radius 2 is 1.88 bits per heavy atom. The standard InChI is InChI=1S/C18H15N3O4/c1-12-16(11-22)15-4-2-3-5-17(15)20(12)10-18(23)19-13-6-8-14(9-7-13)21(24)25/h2-9,11H,10H2,1H3,(H,19,23). The summed E-state index contributed by atoms with van der Waals surface area (Å²) in [6, 6.07) is 13.0. The molecule has 0 aliphatic heterocycles. The van der Waals surface area contributed by atoms with Crippen molar-refractivity contribution in [3.63, 3.8) is 0 Å².